The molecule has 5 aliphatic rings. The largest absolute Gasteiger partial charge is 0.453 e. The van der Waals surface area contributed by atoms with Crippen molar-refractivity contribution in [2.24, 2.45) is 0 Å². The van der Waals surface area contributed by atoms with Gasteiger partial charge in [-0.1, -0.05) is 131 Å². The van der Waals surface area contributed by atoms with Gasteiger partial charge in [0, 0.05) is 39.6 Å². The van der Waals surface area contributed by atoms with Crippen LogP contribution in [0.1, 0.15) is 83.3 Å². The molecule has 63 heavy (non-hydrogen) atoms. The molecule has 0 unspecified atom stereocenters. The summed E-state index contributed by atoms with van der Waals surface area (Å²) in [4.78, 5) is 12.6. The van der Waals surface area contributed by atoms with E-state index in [0.29, 0.717) is 0 Å². The van der Waals surface area contributed by atoms with E-state index < -0.39 is 5.41 Å². The number of benzene rings is 7. The Balaban J connectivity index is 1.05. The van der Waals surface area contributed by atoms with Gasteiger partial charge >= 0.3 is 0 Å². The summed E-state index contributed by atoms with van der Waals surface area (Å²) in [5.41, 5.74) is 24.4. The molecule has 0 amide bonds. The van der Waals surface area contributed by atoms with Crippen molar-refractivity contribution in [1.29, 1.82) is 0 Å². The van der Waals surface area contributed by atoms with E-state index >= 15 is 0 Å². The molecule has 1 spiro atoms. The molecule has 1 aliphatic heterocycles. The summed E-state index contributed by atoms with van der Waals surface area (Å²) in [6.45, 7) is 9.54. The zero-order chi connectivity index (χ0) is 41.7. The first-order valence-corrected chi connectivity index (χ1v) is 22.4. The minimum atomic E-state index is -0.619. The molecule has 4 aliphatic carbocycles. The molecule has 298 valence electrons. The van der Waals surface area contributed by atoms with Gasteiger partial charge in [0.25, 0.3) is 0 Å². The number of hydrogen-bond donors (Lipinski definition) is 0. The minimum Gasteiger partial charge on any atom is -0.453 e. The molecule has 4 heteroatoms. The van der Waals surface area contributed by atoms with Crippen LogP contribution in [0.2, 0.25) is 0 Å². The van der Waals surface area contributed by atoms with Crippen LogP contribution in [0.5, 0.6) is 0 Å². The van der Waals surface area contributed by atoms with Crippen LogP contribution in [0.4, 0.5) is 17.1 Å². The normalized spacial score (nSPS) is 16.8. The van der Waals surface area contributed by atoms with Crippen molar-refractivity contribution >= 4 is 49.8 Å². The number of pyridine rings is 2. The lowest BCUT2D eigenvalue weighted by Gasteiger charge is -2.42. The second-order valence-electron chi connectivity index (χ2n) is 19.5. The third-order valence-electron chi connectivity index (χ3n) is 16.0. The maximum Gasteiger partial charge on any atom is 0.159 e. The molecule has 0 saturated heterocycles. The second-order valence-corrected chi connectivity index (χ2v) is 19.5. The van der Waals surface area contributed by atoms with E-state index in [1.165, 1.54) is 100 Å². The molecule has 0 radical (unpaired) electrons. The average Bonchev–Trinajstić information content (AvgIpc) is 4.05. The Morgan fingerprint density at radius 2 is 1.10 bits per heavy atom. The SMILES string of the molecule is CC1(C)c2ccccc2-c2cc3c(cc21)N(c1cccc2c1oc1c4c(ccc12)C1(c2cccnc2-c2ncccc21)c1ccc2c5c(ccc-4c15)CC2)c1ccccc1C3(C)C. The molecule has 4 nitrogen and oxygen atoms in total. The Bertz CT molecular complexity index is 3720. The maximum absolute atomic E-state index is 7.63. The summed E-state index contributed by atoms with van der Waals surface area (Å²) in [7, 11) is 0. The fraction of sp³-hybridized carbons (Fsp3) is 0.153. The Morgan fingerprint density at radius 3 is 1.89 bits per heavy atom. The van der Waals surface area contributed by atoms with Crippen molar-refractivity contribution in [3.8, 4) is 33.6 Å². The number of nitrogens with zero attached hydrogens (tertiary/aromatic N) is 3. The predicted octanol–water partition coefficient (Wildman–Crippen LogP) is 14.4. The van der Waals surface area contributed by atoms with Gasteiger partial charge in [-0.25, -0.2) is 0 Å². The summed E-state index contributed by atoms with van der Waals surface area (Å²) in [5, 5.41) is 4.99. The van der Waals surface area contributed by atoms with Crippen LogP contribution in [0.3, 0.4) is 0 Å². The second kappa shape index (κ2) is 11.2. The molecule has 15 rings (SSSR count). The van der Waals surface area contributed by atoms with Crippen LogP contribution >= 0.6 is 0 Å². The van der Waals surface area contributed by atoms with E-state index in [0.717, 1.165) is 51.9 Å². The first-order valence-electron chi connectivity index (χ1n) is 22.4. The third kappa shape index (κ3) is 3.85. The smallest absolute Gasteiger partial charge is 0.159 e. The predicted molar refractivity (Wildman–Crippen MR) is 255 cm³/mol. The highest BCUT2D eigenvalue weighted by Crippen LogP contribution is 2.64. The maximum atomic E-state index is 7.63. The first kappa shape index (κ1) is 34.3. The quantitative estimate of drug-likeness (QED) is 0.166. The van der Waals surface area contributed by atoms with Crippen molar-refractivity contribution in [1.82, 2.24) is 9.97 Å². The van der Waals surface area contributed by atoms with Crippen LogP contribution in [0.15, 0.2) is 156 Å². The van der Waals surface area contributed by atoms with Gasteiger partial charge in [0.15, 0.2) is 5.58 Å². The average molecular weight is 808 g/mol. The topological polar surface area (TPSA) is 42.2 Å². The van der Waals surface area contributed by atoms with Crippen molar-refractivity contribution in [3.63, 3.8) is 0 Å². The van der Waals surface area contributed by atoms with Gasteiger partial charge in [-0.2, -0.15) is 0 Å². The third-order valence-corrected chi connectivity index (χ3v) is 16.0. The van der Waals surface area contributed by atoms with E-state index in [2.05, 4.69) is 172 Å². The van der Waals surface area contributed by atoms with Gasteiger partial charge < -0.3 is 9.32 Å². The zero-order valence-corrected chi connectivity index (χ0v) is 35.6. The number of furan rings is 1. The van der Waals surface area contributed by atoms with Crippen LogP contribution < -0.4 is 4.90 Å². The molecular weight excluding hydrogens is 767 g/mol. The van der Waals surface area contributed by atoms with Crippen LogP contribution in [0.25, 0.3) is 66.4 Å². The first-order chi connectivity index (χ1) is 30.8. The van der Waals surface area contributed by atoms with E-state index in [4.69, 9.17) is 14.4 Å². The summed E-state index contributed by atoms with van der Waals surface area (Å²) in [6, 6.07) is 52.8. The standard InChI is InChI=1S/C59H41N3O/c1-57(2)39-14-6-5-12-34(39)38-30-46-49(31-45(38)57)62(47-18-8-7-15-40(47)58(46,3)4)48-19-9-13-35-36-25-27-42-52(56(36)63-55(35)48)37-24-22-32-20-21-33-23-26-41(51(37)50(32)33)59(42)43-16-10-28-60-53(43)54-44(59)17-11-29-61-54/h5-19,22-31H,20-21H2,1-4H3. The fourth-order valence-electron chi connectivity index (χ4n) is 13.3. The van der Waals surface area contributed by atoms with E-state index in [1.807, 2.05) is 12.4 Å². The van der Waals surface area contributed by atoms with E-state index in [9.17, 15) is 0 Å². The molecule has 4 heterocycles. The Labute approximate surface area is 365 Å². The molecular formula is C59H41N3O. The van der Waals surface area contributed by atoms with Gasteiger partial charge in [0.2, 0.25) is 0 Å². The highest BCUT2D eigenvalue weighted by Gasteiger charge is 2.53. The number of rotatable bonds is 1. The molecule has 0 N–H and O–H groups in total. The monoisotopic (exact) mass is 807 g/mol. The van der Waals surface area contributed by atoms with E-state index in [1.54, 1.807) is 0 Å². The number of para-hydroxylation sites is 2. The molecule has 10 aromatic rings. The lowest BCUT2D eigenvalue weighted by atomic mass is 9.61. The summed E-state index contributed by atoms with van der Waals surface area (Å²) >= 11 is 0. The fourth-order valence-corrected chi connectivity index (χ4v) is 13.3. The number of aromatic nitrogens is 2. The van der Waals surface area contributed by atoms with Crippen LogP contribution in [-0.2, 0) is 29.1 Å². The van der Waals surface area contributed by atoms with Crippen molar-refractivity contribution < 1.29 is 4.42 Å². The lowest BCUT2D eigenvalue weighted by Crippen LogP contribution is -2.32. The highest BCUT2D eigenvalue weighted by atomic mass is 16.3. The van der Waals surface area contributed by atoms with Crippen LogP contribution in [0, 0.1) is 0 Å². The van der Waals surface area contributed by atoms with Gasteiger partial charge in [0.05, 0.1) is 33.9 Å². The molecule has 0 bridgehead atoms. The number of aryl methyl sites for hydroxylation is 2. The Morgan fingerprint density at radius 1 is 0.444 bits per heavy atom. The van der Waals surface area contributed by atoms with Crippen LogP contribution in [-0.4, -0.2) is 9.97 Å². The molecule has 0 saturated carbocycles. The molecule has 0 atom stereocenters. The van der Waals surface area contributed by atoms with Crippen molar-refractivity contribution in [2.75, 3.05) is 4.90 Å². The van der Waals surface area contributed by atoms with Crippen molar-refractivity contribution in [3.05, 3.63) is 208 Å². The zero-order valence-electron chi connectivity index (χ0n) is 35.6. The Kier molecular flexibility index (Phi) is 6.10. The van der Waals surface area contributed by atoms with Gasteiger partial charge in [-0.15, -0.1) is 0 Å². The summed E-state index contributed by atoms with van der Waals surface area (Å²) < 4.78 is 7.63. The van der Waals surface area contributed by atoms with Gasteiger partial charge in [0.1, 0.15) is 5.58 Å². The Hall–Kier alpha value is -7.30. The van der Waals surface area contributed by atoms with Gasteiger partial charge in [-0.05, 0) is 132 Å². The molecule has 3 aromatic heterocycles. The number of anilines is 3. The molecule has 0 fully saturated rings. The van der Waals surface area contributed by atoms with Crippen molar-refractivity contribution in [2.45, 2.75) is 56.8 Å². The molecule has 7 aromatic carbocycles. The van der Waals surface area contributed by atoms with Gasteiger partial charge in [-0.3, -0.25) is 9.97 Å². The number of hydrogen-bond acceptors (Lipinski definition) is 4. The highest BCUT2D eigenvalue weighted by molar-refractivity contribution is 6.19. The summed E-state index contributed by atoms with van der Waals surface area (Å²) in [6.07, 6.45) is 5.95. The van der Waals surface area contributed by atoms with E-state index in [-0.39, 0.29) is 10.8 Å². The lowest BCUT2D eigenvalue weighted by molar-refractivity contribution is 0.626. The summed E-state index contributed by atoms with van der Waals surface area (Å²) in [5.74, 6) is 0. The minimum absolute atomic E-state index is 0.144. The number of fused-ring (bicyclic) bond motifs is 18.